The summed E-state index contributed by atoms with van der Waals surface area (Å²) in [6.07, 6.45) is 9.53. The highest BCUT2D eigenvalue weighted by Gasteiger charge is 2.11. The highest BCUT2D eigenvalue weighted by atomic mass is 15.0. The summed E-state index contributed by atoms with van der Waals surface area (Å²) in [5.74, 6) is 0. The van der Waals surface area contributed by atoms with Crippen LogP contribution in [0.4, 0.5) is 0 Å². The molecule has 0 fully saturated rings. The summed E-state index contributed by atoms with van der Waals surface area (Å²) in [7, 11) is 0. The molecule has 6 aromatic rings. The zero-order valence-electron chi connectivity index (χ0n) is 23.5. The van der Waals surface area contributed by atoms with Crippen LogP contribution in [-0.2, 0) is 13.0 Å². The molecule has 204 valence electrons. The Morgan fingerprint density at radius 3 is 2.02 bits per heavy atom. The van der Waals surface area contributed by atoms with Gasteiger partial charge in [-0.25, -0.2) is 0 Å². The number of para-hydroxylation sites is 2. The molecule has 3 heteroatoms. The first-order valence-electron chi connectivity index (χ1n) is 14.6. The second-order valence-corrected chi connectivity index (χ2v) is 10.7. The fourth-order valence-corrected chi connectivity index (χ4v) is 5.80. The fraction of sp³-hybridized carbons (Fsp3) is 0.0769. The van der Waals surface area contributed by atoms with E-state index < -0.39 is 0 Å². The summed E-state index contributed by atoms with van der Waals surface area (Å²) in [5, 5.41) is 9.51. The molecule has 0 saturated carbocycles. The Morgan fingerprint density at radius 1 is 0.690 bits per heavy atom. The second-order valence-electron chi connectivity index (χ2n) is 10.7. The average Bonchev–Trinajstić information content (AvgIpc) is 3.40. The zero-order chi connectivity index (χ0) is 28.1. The van der Waals surface area contributed by atoms with Crippen molar-refractivity contribution in [1.29, 1.82) is 0 Å². The second kappa shape index (κ2) is 11.7. The summed E-state index contributed by atoms with van der Waals surface area (Å²) in [6.45, 7) is 1.65. The van der Waals surface area contributed by atoms with E-state index in [-0.39, 0.29) is 0 Å². The van der Waals surface area contributed by atoms with Crippen molar-refractivity contribution in [2.45, 2.75) is 13.0 Å². The number of dihydropyridines is 1. The lowest BCUT2D eigenvalue weighted by Crippen LogP contribution is -2.12. The van der Waals surface area contributed by atoms with Gasteiger partial charge in [-0.15, -0.1) is 0 Å². The van der Waals surface area contributed by atoms with Crippen molar-refractivity contribution < 1.29 is 0 Å². The zero-order valence-corrected chi connectivity index (χ0v) is 23.5. The number of aromatic nitrogens is 1. The van der Waals surface area contributed by atoms with Crippen molar-refractivity contribution in [2.75, 3.05) is 6.54 Å². The first kappa shape index (κ1) is 25.7. The Hall–Kier alpha value is -5.28. The maximum absolute atomic E-state index is 3.71. The van der Waals surface area contributed by atoms with Crippen molar-refractivity contribution in [3.05, 3.63) is 174 Å². The smallest absolute Gasteiger partial charge is 0.0541 e. The normalized spacial score (nSPS) is 13.2. The molecule has 0 amide bonds. The van der Waals surface area contributed by atoms with Gasteiger partial charge in [-0.2, -0.15) is 0 Å². The van der Waals surface area contributed by atoms with Crippen LogP contribution in [0.25, 0.3) is 38.8 Å². The van der Waals surface area contributed by atoms with Crippen LogP contribution in [0.15, 0.2) is 152 Å². The molecule has 1 aliphatic heterocycles. The maximum Gasteiger partial charge on any atom is 0.0541 e. The van der Waals surface area contributed by atoms with Crippen molar-refractivity contribution >= 4 is 33.1 Å². The minimum absolute atomic E-state index is 0.778. The first-order chi connectivity index (χ1) is 20.8. The molecule has 1 aromatic heterocycles. The minimum atomic E-state index is 0.778. The summed E-state index contributed by atoms with van der Waals surface area (Å²) in [5.41, 5.74) is 11.0. The molecule has 3 nitrogen and oxygen atoms in total. The quantitative estimate of drug-likeness (QED) is 0.201. The lowest BCUT2D eigenvalue weighted by atomic mass is 10.0. The molecular formula is C39H33N3. The van der Waals surface area contributed by atoms with Gasteiger partial charge in [0, 0.05) is 35.2 Å². The van der Waals surface area contributed by atoms with Crippen molar-refractivity contribution in [3.63, 3.8) is 0 Å². The summed E-state index contributed by atoms with van der Waals surface area (Å²) >= 11 is 0. The molecule has 0 unspecified atom stereocenters. The minimum Gasteiger partial charge on any atom is -0.387 e. The SMILES string of the molecule is C1=CC(c2ccc(/C(=C/Cc3ccc(-n4c5ccccc5c5ccccc54)cc3)NCc3ccccc3)cc2)=CCN1. The van der Waals surface area contributed by atoms with Crippen LogP contribution < -0.4 is 10.6 Å². The largest absolute Gasteiger partial charge is 0.387 e. The van der Waals surface area contributed by atoms with Gasteiger partial charge in [-0.3, -0.25) is 0 Å². The number of fused-ring (bicyclic) bond motifs is 3. The predicted octanol–water partition coefficient (Wildman–Crippen LogP) is 8.66. The van der Waals surface area contributed by atoms with Gasteiger partial charge < -0.3 is 15.2 Å². The molecule has 2 N–H and O–H groups in total. The Bertz CT molecular complexity index is 1870. The van der Waals surface area contributed by atoms with Gasteiger partial charge >= 0.3 is 0 Å². The number of hydrogen-bond acceptors (Lipinski definition) is 2. The first-order valence-corrected chi connectivity index (χ1v) is 14.6. The third-order valence-electron chi connectivity index (χ3n) is 7.99. The molecular weight excluding hydrogens is 510 g/mol. The molecule has 0 saturated heterocycles. The Labute approximate surface area is 247 Å². The van der Waals surface area contributed by atoms with Crippen LogP contribution in [0.2, 0.25) is 0 Å². The van der Waals surface area contributed by atoms with E-state index in [4.69, 9.17) is 0 Å². The van der Waals surface area contributed by atoms with Crippen molar-refractivity contribution in [1.82, 2.24) is 15.2 Å². The van der Waals surface area contributed by atoms with Gasteiger partial charge in [0.05, 0.1) is 11.0 Å². The third kappa shape index (κ3) is 5.25. The van der Waals surface area contributed by atoms with Crippen LogP contribution in [0.3, 0.4) is 0 Å². The Balaban J connectivity index is 1.16. The van der Waals surface area contributed by atoms with E-state index in [1.807, 2.05) is 6.20 Å². The van der Waals surface area contributed by atoms with Crippen LogP contribution in [0, 0.1) is 0 Å². The van der Waals surface area contributed by atoms with E-state index in [1.54, 1.807) is 0 Å². The number of rotatable bonds is 8. The molecule has 42 heavy (non-hydrogen) atoms. The van der Waals surface area contributed by atoms with Crippen molar-refractivity contribution in [3.8, 4) is 5.69 Å². The Morgan fingerprint density at radius 2 is 1.36 bits per heavy atom. The monoisotopic (exact) mass is 543 g/mol. The number of hydrogen-bond donors (Lipinski definition) is 2. The molecule has 5 aromatic carbocycles. The lowest BCUT2D eigenvalue weighted by Gasteiger charge is -2.14. The molecule has 7 rings (SSSR count). The highest BCUT2D eigenvalue weighted by Crippen LogP contribution is 2.32. The van der Waals surface area contributed by atoms with Crippen LogP contribution in [-0.4, -0.2) is 11.1 Å². The maximum atomic E-state index is 3.71. The molecule has 1 aliphatic rings. The van der Waals surface area contributed by atoms with Gasteiger partial charge in [-0.05, 0) is 70.8 Å². The van der Waals surface area contributed by atoms with Gasteiger partial charge in [-0.1, -0.05) is 115 Å². The van der Waals surface area contributed by atoms with Crippen LogP contribution in [0.5, 0.6) is 0 Å². The summed E-state index contributed by atoms with van der Waals surface area (Å²) in [6, 6.07) is 45.8. The topological polar surface area (TPSA) is 29.0 Å². The van der Waals surface area contributed by atoms with E-state index >= 15 is 0 Å². The standard InChI is InChI=1S/C39H33N3/c1-2-8-30(9-3-1)28-41-37(33-19-17-31(18-20-33)32-24-26-40-27-25-32)23-16-29-14-21-34(22-15-29)42-38-12-6-4-10-35(38)36-11-5-7-13-39(36)42/h1-15,17-26,40-41H,16,27-28H2/b37-23-. The molecule has 0 aliphatic carbocycles. The van der Waals surface area contributed by atoms with E-state index in [0.717, 1.165) is 25.2 Å². The molecule has 2 heterocycles. The van der Waals surface area contributed by atoms with E-state index in [1.165, 1.54) is 55.3 Å². The van der Waals surface area contributed by atoms with Crippen molar-refractivity contribution in [2.24, 2.45) is 0 Å². The number of benzene rings is 5. The van der Waals surface area contributed by atoms with Gasteiger partial charge in [0.25, 0.3) is 0 Å². The van der Waals surface area contributed by atoms with E-state index in [0.29, 0.717) is 0 Å². The van der Waals surface area contributed by atoms with Gasteiger partial charge in [0.2, 0.25) is 0 Å². The molecule has 0 atom stereocenters. The highest BCUT2D eigenvalue weighted by molar-refractivity contribution is 6.09. The third-order valence-corrected chi connectivity index (χ3v) is 7.99. The van der Waals surface area contributed by atoms with Crippen LogP contribution in [0.1, 0.15) is 22.3 Å². The number of nitrogens with zero attached hydrogens (tertiary/aromatic N) is 1. The molecule has 0 radical (unpaired) electrons. The Kier molecular flexibility index (Phi) is 7.14. The summed E-state index contributed by atoms with van der Waals surface area (Å²) < 4.78 is 2.37. The molecule has 0 spiro atoms. The van der Waals surface area contributed by atoms with Crippen LogP contribution >= 0.6 is 0 Å². The lowest BCUT2D eigenvalue weighted by molar-refractivity contribution is 0.886. The van der Waals surface area contributed by atoms with E-state index in [2.05, 4.69) is 161 Å². The predicted molar refractivity (Wildman–Crippen MR) is 177 cm³/mol. The molecule has 0 bridgehead atoms. The van der Waals surface area contributed by atoms with E-state index in [9.17, 15) is 0 Å². The fourth-order valence-electron chi connectivity index (χ4n) is 5.80. The number of allylic oxidation sites excluding steroid dienone is 3. The van der Waals surface area contributed by atoms with Gasteiger partial charge in [0.1, 0.15) is 0 Å². The average molecular weight is 544 g/mol. The number of nitrogens with one attached hydrogen (secondary N) is 2. The summed E-state index contributed by atoms with van der Waals surface area (Å²) in [4.78, 5) is 0. The van der Waals surface area contributed by atoms with Gasteiger partial charge in [0.15, 0.2) is 0 Å².